The van der Waals surface area contributed by atoms with Gasteiger partial charge in [-0.3, -0.25) is 0 Å². The lowest BCUT2D eigenvalue weighted by Gasteiger charge is -2.07. The zero-order chi connectivity index (χ0) is 7.11. The molecule has 0 aromatic heterocycles. The molecule has 0 spiro atoms. The van der Waals surface area contributed by atoms with Crippen LogP contribution in [0.25, 0.3) is 0 Å². The molecular formula is C7H14ClN. The molecule has 0 saturated carbocycles. The lowest BCUT2D eigenvalue weighted by Crippen LogP contribution is -2.15. The molecule has 0 saturated heterocycles. The fraction of sp³-hybridized carbons (Fsp3) is 0.714. The van der Waals surface area contributed by atoms with Crippen LogP contribution < -0.4 is 5.32 Å². The molecule has 0 fully saturated rings. The average Bonchev–Trinajstić information content (AvgIpc) is 1.85. The normalized spacial score (nSPS) is 12.7. The lowest BCUT2D eigenvalue weighted by atomic mass is 10.1. The van der Waals surface area contributed by atoms with Crippen LogP contribution in [0.3, 0.4) is 0 Å². The third kappa shape index (κ3) is 5.71. The number of halogens is 1. The van der Waals surface area contributed by atoms with E-state index in [-0.39, 0.29) is 0 Å². The first-order valence-corrected chi connectivity index (χ1v) is 3.75. The molecule has 9 heavy (non-hydrogen) atoms. The zero-order valence-electron chi connectivity index (χ0n) is 5.86. The van der Waals surface area contributed by atoms with Crippen LogP contribution in [0.4, 0.5) is 0 Å². The van der Waals surface area contributed by atoms with E-state index in [1.165, 1.54) is 0 Å². The van der Waals surface area contributed by atoms with Crippen molar-refractivity contribution in [2.24, 2.45) is 5.92 Å². The van der Waals surface area contributed by atoms with E-state index < -0.39 is 0 Å². The monoisotopic (exact) mass is 147 g/mol. The van der Waals surface area contributed by atoms with Gasteiger partial charge in [0.05, 0.1) is 0 Å². The van der Waals surface area contributed by atoms with Crippen LogP contribution in [0, 0.1) is 5.92 Å². The molecule has 0 unspecified atom stereocenters. The second-order valence-corrected chi connectivity index (χ2v) is 2.57. The van der Waals surface area contributed by atoms with E-state index in [0.29, 0.717) is 5.92 Å². The second kappa shape index (κ2) is 5.96. The Kier molecular flexibility index (Phi) is 5.85. The van der Waals surface area contributed by atoms with Crippen molar-refractivity contribution >= 4 is 11.6 Å². The van der Waals surface area contributed by atoms with E-state index in [2.05, 4.69) is 18.8 Å². The van der Waals surface area contributed by atoms with Gasteiger partial charge in [0.25, 0.3) is 0 Å². The SMILES string of the molecule is C=CNC[C@H](C)CCCl. The van der Waals surface area contributed by atoms with Crippen molar-refractivity contribution in [3.8, 4) is 0 Å². The summed E-state index contributed by atoms with van der Waals surface area (Å²) in [5.74, 6) is 1.40. The van der Waals surface area contributed by atoms with Gasteiger partial charge in [-0.1, -0.05) is 13.5 Å². The minimum Gasteiger partial charge on any atom is -0.391 e. The topological polar surface area (TPSA) is 12.0 Å². The average molecular weight is 148 g/mol. The molecule has 2 heteroatoms. The minimum atomic E-state index is 0.653. The highest BCUT2D eigenvalue weighted by atomic mass is 35.5. The molecule has 0 amide bonds. The van der Waals surface area contributed by atoms with E-state index in [1.54, 1.807) is 6.20 Å². The maximum Gasteiger partial charge on any atom is 0.0226 e. The van der Waals surface area contributed by atoms with E-state index in [0.717, 1.165) is 18.8 Å². The Morgan fingerprint density at radius 2 is 2.44 bits per heavy atom. The molecule has 0 radical (unpaired) electrons. The number of alkyl halides is 1. The Hall–Kier alpha value is -0.170. The predicted molar refractivity (Wildman–Crippen MR) is 42.7 cm³/mol. The minimum absolute atomic E-state index is 0.653. The molecule has 1 N–H and O–H groups in total. The quantitative estimate of drug-likeness (QED) is 0.587. The maximum absolute atomic E-state index is 5.52. The number of hydrogen-bond acceptors (Lipinski definition) is 1. The van der Waals surface area contributed by atoms with Crippen LogP contribution in [-0.4, -0.2) is 12.4 Å². The molecule has 0 bridgehead atoms. The van der Waals surface area contributed by atoms with Gasteiger partial charge in [0.15, 0.2) is 0 Å². The maximum atomic E-state index is 5.52. The summed E-state index contributed by atoms with van der Waals surface area (Å²) >= 11 is 5.52. The summed E-state index contributed by atoms with van der Waals surface area (Å²) in [5, 5.41) is 3.04. The first kappa shape index (κ1) is 8.83. The molecule has 0 aliphatic heterocycles. The third-order valence-corrected chi connectivity index (χ3v) is 1.43. The standard InChI is InChI=1S/C7H14ClN/c1-3-9-6-7(2)4-5-8/h3,7,9H,1,4-6H2,2H3/t7-/m1/s1. The smallest absolute Gasteiger partial charge is 0.0226 e. The van der Waals surface area contributed by atoms with Crippen LogP contribution in [-0.2, 0) is 0 Å². The van der Waals surface area contributed by atoms with Crippen LogP contribution in [0.15, 0.2) is 12.8 Å². The molecule has 0 heterocycles. The molecule has 54 valence electrons. The van der Waals surface area contributed by atoms with E-state index >= 15 is 0 Å². The summed E-state index contributed by atoms with van der Waals surface area (Å²) in [5.41, 5.74) is 0. The number of rotatable bonds is 5. The Labute approximate surface area is 62.1 Å². The van der Waals surface area contributed by atoms with Gasteiger partial charge in [0.1, 0.15) is 0 Å². The first-order valence-electron chi connectivity index (χ1n) is 3.21. The summed E-state index contributed by atoms with van der Waals surface area (Å²) in [6, 6.07) is 0. The summed E-state index contributed by atoms with van der Waals surface area (Å²) in [6.07, 6.45) is 2.78. The van der Waals surface area contributed by atoms with Crippen molar-refractivity contribution in [3.63, 3.8) is 0 Å². The fourth-order valence-corrected chi connectivity index (χ4v) is 0.945. The van der Waals surface area contributed by atoms with Gasteiger partial charge >= 0.3 is 0 Å². The summed E-state index contributed by atoms with van der Waals surface area (Å²) in [7, 11) is 0. The van der Waals surface area contributed by atoms with Crippen LogP contribution in [0.5, 0.6) is 0 Å². The van der Waals surface area contributed by atoms with E-state index in [4.69, 9.17) is 11.6 Å². The van der Waals surface area contributed by atoms with Crippen LogP contribution in [0.2, 0.25) is 0 Å². The fourth-order valence-electron chi connectivity index (χ4n) is 0.573. The van der Waals surface area contributed by atoms with Gasteiger partial charge in [-0.05, 0) is 18.5 Å². The van der Waals surface area contributed by atoms with Gasteiger partial charge in [0, 0.05) is 12.4 Å². The Balaban J connectivity index is 3.04. The van der Waals surface area contributed by atoms with Crippen LogP contribution >= 0.6 is 11.6 Å². The summed E-state index contributed by atoms with van der Waals surface area (Å²) in [4.78, 5) is 0. The highest BCUT2D eigenvalue weighted by Gasteiger charge is 1.96. The predicted octanol–water partition coefficient (Wildman–Crippen LogP) is 1.98. The second-order valence-electron chi connectivity index (χ2n) is 2.20. The largest absolute Gasteiger partial charge is 0.391 e. The highest BCUT2D eigenvalue weighted by molar-refractivity contribution is 6.17. The van der Waals surface area contributed by atoms with E-state index in [1.807, 2.05) is 0 Å². The highest BCUT2D eigenvalue weighted by Crippen LogP contribution is 2.00. The zero-order valence-corrected chi connectivity index (χ0v) is 6.62. The number of hydrogen-bond donors (Lipinski definition) is 1. The van der Waals surface area contributed by atoms with Crippen molar-refractivity contribution in [2.45, 2.75) is 13.3 Å². The number of nitrogens with one attached hydrogen (secondary N) is 1. The molecule has 1 nitrogen and oxygen atoms in total. The van der Waals surface area contributed by atoms with Gasteiger partial charge in [-0.15, -0.1) is 11.6 Å². The molecular weight excluding hydrogens is 134 g/mol. The van der Waals surface area contributed by atoms with Gasteiger partial charge in [0.2, 0.25) is 0 Å². The van der Waals surface area contributed by atoms with Crippen molar-refractivity contribution in [1.29, 1.82) is 0 Å². The van der Waals surface area contributed by atoms with Gasteiger partial charge in [-0.25, -0.2) is 0 Å². The molecule has 0 aliphatic carbocycles. The van der Waals surface area contributed by atoms with Crippen LogP contribution in [0.1, 0.15) is 13.3 Å². The molecule has 0 aliphatic rings. The molecule has 0 aromatic carbocycles. The molecule has 1 atom stereocenters. The Morgan fingerprint density at radius 3 is 2.89 bits per heavy atom. The van der Waals surface area contributed by atoms with E-state index in [9.17, 15) is 0 Å². The lowest BCUT2D eigenvalue weighted by molar-refractivity contribution is 0.542. The van der Waals surface area contributed by atoms with Crippen molar-refractivity contribution in [1.82, 2.24) is 5.32 Å². The molecule has 0 aromatic rings. The van der Waals surface area contributed by atoms with Crippen molar-refractivity contribution in [3.05, 3.63) is 12.8 Å². The Morgan fingerprint density at radius 1 is 1.78 bits per heavy atom. The molecule has 0 rings (SSSR count). The summed E-state index contributed by atoms with van der Waals surface area (Å²) in [6.45, 7) is 6.70. The van der Waals surface area contributed by atoms with Gasteiger partial charge < -0.3 is 5.32 Å². The third-order valence-electron chi connectivity index (χ3n) is 1.21. The summed E-state index contributed by atoms with van der Waals surface area (Å²) < 4.78 is 0. The Bertz CT molecular complexity index is 73.3. The van der Waals surface area contributed by atoms with Crippen molar-refractivity contribution < 1.29 is 0 Å². The first-order chi connectivity index (χ1) is 4.31. The van der Waals surface area contributed by atoms with Gasteiger partial charge in [-0.2, -0.15) is 0 Å². The van der Waals surface area contributed by atoms with Crippen molar-refractivity contribution in [2.75, 3.05) is 12.4 Å².